The second-order valence-corrected chi connectivity index (χ2v) is 3.98. The minimum Gasteiger partial charge on any atom is -0.367 e. The number of hydrogen-bond donors (Lipinski definition) is 2. The number of hydrogen-bond acceptors (Lipinski definition) is 7. The zero-order valence-electron chi connectivity index (χ0n) is 10.6. The van der Waals surface area contributed by atoms with Crippen molar-refractivity contribution in [1.82, 2.24) is 25.3 Å². The van der Waals surface area contributed by atoms with Gasteiger partial charge in [0.1, 0.15) is 5.60 Å². The summed E-state index contributed by atoms with van der Waals surface area (Å²) in [6.45, 7) is 6.41. The lowest BCUT2D eigenvalue weighted by Gasteiger charge is -2.23. The summed E-state index contributed by atoms with van der Waals surface area (Å²) in [5.41, 5.74) is 4.85. The normalized spacial score (nSPS) is 14.6. The van der Waals surface area contributed by atoms with E-state index in [1.165, 1.54) is 0 Å². The summed E-state index contributed by atoms with van der Waals surface area (Å²) in [6.07, 6.45) is 0.734. The van der Waals surface area contributed by atoms with Crippen LogP contribution < -0.4 is 5.73 Å². The average Bonchev–Trinajstić information content (AvgIpc) is 2.97. The summed E-state index contributed by atoms with van der Waals surface area (Å²) in [7, 11) is 0. The molecule has 0 spiro atoms. The Bertz CT molecular complexity index is 522. The fourth-order valence-electron chi connectivity index (χ4n) is 1.55. The molecule has 0 amide bonds. The molecule has 2 aromatic rings. The Hall–Kier alpha value is -1.96. The van der Waals surface area contributed by atoms with Gasteiger partial charge in [0.15, 0.2) is 0 Å². The Labute approximate surface area is 104 Å². The van der Waals surface area contributed by atoms with Crippen LogP contribution in [-0.4, -0.2) is 31.9 Å². The maximum atomic E-state index is 5.66. The highest BCUT2D eigenvalue weighted by molar-refractivity contribution is 5.41. The van der Waals surface area contributed by atoms with Crippen LogP contribution in [0.5, 0.6) is 0 Å². The third-order valence-corrected chi connectivity index (χ3v) is 2.74. The van der Waals surface area contributed by atoms with Crippen molar-refractivity contribution < 1.29 is 9.26 Å². The van der Waals surface area contributed by atoms with Gasteiger partial charge in [-0.25, -0.2) is 0 Å². The van der Waals surface area contributed by atoms with Crippen molar-refractivity contribution in [2.75, 3.05) is 12.3 Å². The van der Waals surface area contributed by atoms with Gasteiger partial charge in [-0.15, -0.1) is 5.10 Å². The molecule has 0 aromatic carbocycles. The number of anilines is 1. The van der Waals surface area contributed by atoms with Gasteiger partial charge in [0.25, 0.3) is 5.89 Å². The molecule has 1 unspecified atom stereocenters. The van der Waals surface area contributed by atoms with E-state index < -0.39 is 5.60 Å². The fourth-order valence-corrected chi connectivity index (χ4v) is 1.55. The van der Waals surface area contributed by atoms with E-state index >= 15 is 0 Å². The van der Waals surface area contributed by atoms with Crippen LogP contribution in [0.25, 0.3) is 11.7 Å². The maximum absolute atomic E-state index is 5.66. The highest BCUT2D eigenvalue weighted by atomic mass is 16.5. The SMILES string of the molecule is CCOC(C)(CC)c1noc(-c2nc(N)n[nH]2)n1. The summed E-state index contributed by atoms with van der Waals surface area (Å²) in [6, 6.07) is 0. The minimum atomic E-state index is -0.567. The van der Waals surface area contributed by atoms with Crippen molar-refractivity contribution in [3.8, 4) is 11.7 Å². The van der Waals surface area contributed by atoms with E-state index in [0.717, 1.165) is 6.42 Å². The Morgan fingerprint density at radius 3 is 2.72 bits per heavy atom. The van der Waals surface area contributed by atoms with Gasteiger partial charge in [0, 0.05) is 6.61 Å². The largest absolute Gasteiger partial charge is 0.367 e. The van der Waals surface area contributed by atoms with E-state index in [9.17, 15) is 0 Å². The van der Waals surface area contributed by atoms with Gasteiger partial charge in [0.2, 0.25) is 17.6 Å². The van der Waals surface area contributed by atoms with Crippen LogP contribution in [0.3, 0.4) is 0 Å². The first kappa shape index (κ1) is 12.5. The van der Waals surface area contributed by atoms with Gasteiger partial charge in [-0.3, -0.25) is 5.10 Å². The van der Waals surface area contributed by atoms with E-state index in [4.69, 9.17) is 15.0 Å². The molecule has 1 atom stereocenters. The van der Waals surface area contributed by atoms with Gasteiger partial charge in [-0.05, 0) is 20.3 Å². The Morgan fingerprint density at radius 1 is 1.39 bits per heavy atom. The lowest BCUT2D eigenvalue weighted by Crippen LogP contribution is -2.26. The summed E-state index contributed by atoms with van der Waals surface area (Å²) in [4.78, 5) is 8.19. The van der Waals surface area contributed by atoms with Crippen molar-refractivity contribution in [3.05, 3.63) is 5.82 Å². The van der Waals surface area contributed by atoms with Crippen LogP contribution >= 0.6 is 0 Å². The molecule has 2 aromatic heterocycles. The summed E-state index contributed by atoms with van der Waals surface area (Å²) in [5.74, 6) is 1.21. The van der Waals surface area contributed by atoms with Crippen molar-refractivity contribution in [2.45, 2.75) is 32.8 Å². The molecule has 0 radical (unpaired) electrons. The molecule has 8 nitrogen and oxygen atoms in total. The van der Waals surface area contributed by atoms with Crippen molar-refractivity contribution in [2.24, 2.45) is 0 Å². The van der Waals surface area contributed by atoms with Crippen LogP contribution in [0.2, 0.25) is 0 Å². The first-order chi connectivity index (χ1) is 8.59. The van der Waals surface area contributed by atoms with Gasteiger partial charge < -0.3 is 15.0 Å². The summed E-state index contributed by atoms with van der Waals surface area (Å²) in [5, 5.41) is 10.2. The molecule has 2 heterocycles. The van der Waals surface area contributed by atoms with E-state index in [0.29, 0.717) is 18.3 Å². The van der Waals surface area contributed by atoms with E-state index in [1.807, 2.05) is 20.8 Å². The van der Waals surface area contributed by atoms with Crippen LogP contribution in [0, 0.1) is 0 Å². The van der Waals surface area contributed by atoms with Crippen molar-refractivity contribution in [3.63, 3.8) is 0 Å². The molecule has 0 bridgehead atoms. The monoisotopic (exact) mass is 252 g/mol. The highest BCUT2D eigenvalue weighted by Gasteiger charge is 2.31. The smallest absolute Gasteiger partial charge is 0.295 e. The molecular formula is C10H16N6O2. The molecule has 3 N–H and O–H groups in total. The lowest BCUT2D eigenvalue weighted by molar-refractivity contribution is -0.0403. The van der Waals surface area contributed by atoms with Gasteiger partial charge in [-0.2, -0.15) is 9.97 Å². The zero-order valence-corrected chi connectivity index (χ0v) is 10.6. The number of nitrogens with zero attached hydrogens (tertiary/aromatic N) is 4. The van der Waals surface area contributed by atoms with Crippen molar-refractivity contribution in [1.29, 1.82) is 0 Å². The summed E-state index contributed by atoms with van der Waals surface area (Å²) < 4.78 is 10.8. The highest BCUT2D eigenvalue weighted by Crippen LogP contribution is 2.27. The molecular weight excluding hydrogens is 236 g/mol. The third kappa shape index (κ3) is 2.19. The molecule has 0 aliphatic carbocycles. The summed E-state index contributed by atoms with van der Waals surface area (Å²) >= 11 is 0. The first-order valence-electron chi connectivity index (χ1n) is 5.75. The quantitative estimate of drug-likeness (QED) is 0.818. The molecule has 2 rings (SSSR count). The second kappa shape index (κ2) is 4.73. The Kier molecular flexibility index (Phi) is 3.28. The molecule has 98 valence electrons. The molecule has 0 fully saturated rings. The van der Waals surface area contributed by atoms with Gasteiger partial charge in [-0.1, -0.05) is 12.1 Å². The predicted molar refractivity (Wildman–Crippen MR) is 63.4 cm³/mol. The first-order valence-corrected chi connectivity index (χ1v) is 5.75. The number of nitrogens with two attached hydrogens (primary N) is 1. The van der Waals surface area contributed by atoms with Gasteiger partial charge in [0.05, 0.1) is 0 Å². The molecule has 18 heavy (non-hydrogen) atoms. The Balaban J connectivity index is 2.29. The van der Waals surface area contributed by atoms with Crippen molar-refractivity contribution >= 4 is 5.95 Å². The molecule has 0 saturated carbocycles. The number of rotatable bonds is 5. The number of ether oxygens (including phenoxy) is 1. The standard InChI is InChI=1S/C10H16N6O2/c1-4-10(3,17-5-2)8-13-7(18-16-8)6-12-9(11)15-14-6/h4-5H2,1-3H3,(H3,11,12,14,15). The lowest BCUT2D eigenvalue weighted by atomic mass is 10.0. The fraction of sp³-hybridized carbons (Fsp3) is 0.600. The molecule has 8 heteroatoms. The van der Waals surface area contributed by atoms with E-state index in [1.54, 1.807) is 0 Å². The molecule has 0 saturated heterocycles. The topological polar surface area (TPSA) is 116 Å². The number of aromatic nitrogens is 5. The van der Waals surface area contributed by atoms with Crippen LogP contribution in [0.1, 0.15) is 33.0 Å². The number of aromatic amines is 1. The number of nitrogen functional groups attached to an aromatic ring is 1. The minimum absolute atomic E-state index is 0.132. The molecule has 0 aliphatic rings. The number of nitrogens with one attached hydrogen (secondary N) is 1. The van der Waals surface area contributed by atoms with E-state index in [-0.39, 0.29) is 11.8 Å². The molecule has 0 aliphatic heterocycles. The number of H-pyrrole nitrogens is 1. The maximum Gasteiger partial charge on any atom is 0.295 e. The second-order valence-electron chi connectivity index (χ2n) is 3.98. The van der Waals surface area contributed by atoms with Crippen LogP contribution in [-0.2, 0) is 10.3 Å². The van der Waals surface area contributed by atoms with Crippen LogP contribution in [0.15, 0.2) is 4.52 Å². The van der Waals surface area contributed by atoms with Gasteiger partial charge >= 0.3 is 0 Å². The average molecular weight is 252 g/mol. The zero-order chi connectivity index (χ0) is 13.2. The third-order valence-electron chi connectivity index (χ3n) is 2.74. The van der Waals surface area contributed by atoms with E-state index in [2.05, 4.69) is 25.3 Å². The van der Waals surface area contributed by atoms with Crippen LogP contribution in [0.4, 0.5) is 5.95 Å². The Morgan fingerprint density at radius 2 is 2.17 bits per heavy atom. The predicted octanol–water partition coefficient (Wildman–Crippen LogP) is 1.10.